The molecule has 0 saturated heterocycles. The van der Waals surface area contributed by atoms with Crippen molar-refractivity contribution in [3.05, 3.63) is 108 Å². The Labute approximate surface area is 230 Å². The maximum atomic E-state index is 2.38. The molecular weight excluding hydrogens is 497 g/mol. The summed E-state index contributed by atoms with van der Waals surface area (Å²) >= 11 is 3.69. The van der Waals surface area contributed by atoms with Crippen LogP contribution in [0.25, 0.3) is 76.8 Å². The Hall–Kier alpha value is -3.72. The fourth-order valence-corrected chi connectivity index (χ4v) is 8.00. The van der Waals surface area contributed by atoms with Gasteiger partial charge in [0.05, 0.1) is 0 Å². The van der Waals surface area contributed by atoms with Crippen molar-refractivity contribution in [1.82, 2.24) is 0 Å². The van der Waals surface area contributed by atoms with E-state index in [1.807, 2.05) is 23.5 Å². The second-order valence-corrected chi connectivity index (χ2v) is 11.7. The van der Waals surface area contributed by atoms with Gasteiger partial charge < -0.3 is 0 Å². The van der Waals surface area contributed by atoms with E-state index < -0.39 is 0 Å². The summed E-state index contributed by atoms with van der Waals surface area (Å²) in [7, 11) is 0. The number of thioether (sulfide) groups is 2. The topological polar surface area (TPSA) is 0 Å². The van der Waals surface area contributed by atoms with Gasteiger partial charge in [0.1, 0.15) is 0 Å². The Morgan fingerprint density at radius 2 is 0.789 bits per heavy atom. The summed E-state index contributed by atoms with van der Waals surface area (Å²) in [5, 5.41) is 16.1. The molecule has 38 heavy (non-hydrogen) atoms. The molecule has 8 aromatic carbocycles. The maximum absolute atomic E-state index is 2.38. The molecule has 0 heterocycles. The smallest absolute Gasteiger partial charge is 0.0221 e. The van der Waals surface area contributed by atoms with Crippen LogP contribution in [0.1, 0.15) is 11.1 Å². The molecule has 0 N–H and O–H groups in total. The molecule has 0 nitrogen and oxygen atoms in total. The lowest BCUT2D eigenvalue weighted by Crippen LogP contribution is -1.90. The molecule has 8 rings (SSSR count). The van der Waals surface area contributed by atoms with Crippen LogP contribution >= 0.6 is 23.5 Å². The third kappa shape index (κ3) is 3.08. The lowest BCUT2D eigenvalue weighted by Gasteiger charge is -2.16. The average Bonchev–Trinajstić information content (AvgIpc) is 2.97. The molecule has 0 unspecified atom stereocenters. The molecule has 0 bridgehead atoms. The SMILES string of the molecule is CSc1c(/C=C/c2cc3ccc4cccc5ccc(c2SC)c3c45)cc2ccc3cccc4ccc1c2c34. The van der Waals surface area contributed by atoms with Gasteiger partial charge in [0.2, 0.25) is 0 Å². The van der Waals surface area contributed by atoms with Crippen LogP contribution in [0.3, 0.4) is 0 Å². The molecule has 0 aliphatic rings. The summed E-state index contributed by atoms with van der Waals surface area (Å²) in [6.07, 6.45) is 9.05. The highest BCUT2D eigenvalue weighted by molar-refractivity contribution is 7.99. The van der Waals surface area contributed by atoms with Gasteiger partial charge in [0, 0.05) is 9.79 Å². The molecular formula is C36H24S2. The molecule has 0 atom stereocenters. The highest BCUT2D eigenvalue weighted by atomic mass is 32.2. The van der Waals surface area contributed by atoms with Crippen LogP contribution in [0.5, 0.6) is 0 Å². The zero-order valence-electron chi connectivity index (χ0n) is 21.2. The summed E-state index contributed by atoms with van der Waals surface area (Å²) < 4.78 is 0. The van der Waals surface area contributed by atoms with Crippen molar-refractivity contribution in [3.8, 4) is 0 Å². The summed E-state index contributed by atoms with van der Waals surface area (Å²) in [6, 6.07) is 36.3. The third-order valence-electron chi connectivity index (χ3n) is 8.10. The minimum atomic E-state index is 1.28. The first-order chi connectivity index (χ1) is 18.7. The van der Waals surface area contributed by atoms with Crippen molar-refractivity contribution in [2.45, 2.75) is 9.79 Å². The Morgan fingerprint density at radius 1 is 0.421 bits per heavy atom. The first-order valence-corrected chi connectivity index (χ1v) is 15.4. The van der Waals surface area contributed by atoms with E-state index in [4.69, 9.17) is 0 Å². The molecule has 0 aliphatic carbocycles. The number of hydrogen-bond acceptors (Lipinski definition) is 2. The van der Waals surface area contributed by atoms with Crippen LogP contribution in [0.2, 0.25) is 0 Å². The molecule has 0 aromatic heterocycles. The van der Waals surface area contributed by atoms with Crippen LogP contribution < -0.4 is 0 Å². The van der Waals surface area contributed by atoms with Gasteiger partial charge in [0.25, 0.3) is 0 Å². The van der Waals surface area contributed by atoms with Crippen LogP contribution in [-0.2, 0) is 0 Å². The molecule has 0 radical (unpaired) electrons. The largest absolute Gasteiger partial charge is 0.128 e. The lowest BCUT2D eigenvalue weighted by molar-refractivity contribution is 1.51. The second kappa shape index (κ2) is 8.39. The van der Waals surface area contributed by atoms with Crippen LogP contribution in [0.4, 0.5) is 0 Å². The molecule has 0 saturated carbocycles. The van der Waals surface area contributed by atoms with Crippen molar-refractivity contribution < 1.29 is 0 Å². The standard InChI is InChI=1S/C36H24S2/c1-37-35-27(19-25-11-9-21-5-3-7-23-15-17-29(35)33(25)31(21)23)13-14-28-20-26-12-10-22-6-4-8-24-16-18-30(36(28)38-2)34(26)32(22)24/h3-20H,1-2H3/b14-13+. The predicted molar refractivity (Wildman–Crippen MR) is 173 cm³/mol. The third-order valence-corrected chi connectivity index (χ3v) is 9.83. The monoisotopic (exact) mass is 520 g/mol. The fourth-order valence-electron chi connectivity index (χ4n) is 6.50. The highest BCUT2D eigenvalue weighted by Gasteiger charge is 2.15. The first kappa shape index (κ1) is 22.3. The summed E-state index contributed by atoms with van der Waals surface area (Å²) in [4.78, 5) is 2.69. The van der Waals surface area contributed by atoms with E-state index in [0.717, 1.165) is 0 Å². The summed E-state index contributed by atoms with van der Waals surface area (Å²) in [5.74, 6) is 0. The summed E-state index contributed by atoms with van der Waals surface area (Å²) in [6.45, 7) is 0. The van der Waals surface area contributed by atoms with Crippen molar-refractivity contribution >= 4 is 100 Å². The quantitative estimate of drug-likeness (QED) is 0.129. The van der Waals surface area contributed by atoms with Crippen LogP contribution in [-0.4, -0.2) is 12.5 Å². The van der Waals surface area contributed by atoms with Crippen molar-refractivity contribution in [3.63, 3.8) is 0 Å². The Bertz CT molecular complexity index is 2010. The predicted octanol–water partition coefficient (Wildman–Crippen LogP) is 11.1. The van der Waals surface area contributed by atoms with Gasteiger partial charge in [0.15, 0.2) is 0 Å². The zero-order chi connectivity index (χ0) is 25.4. The molecule has 180 valence electrons. The van der Waals surface area contributed by atoms with Gasteiger partial charge in [-0.15, -0.1) is 23.5 Å². The lowest BCUT2D eigenvalue weighted by atomic mass is 9.92. The number of hydrogen-bond donors (Lipinski definition) is 0. The van der Waals surface area contributed by atoms with E-state index >= 15 is 0 Å². The summed E-state index contributed by atoms with van der Waals surface area (Å²) in [5.41, 5.74) is 2.56. The normalized spacial score (nSPS) is 12.6. The van der Waals surface area contributed by atoms with Gasteiger partial charge in [-0.25, -0.2) is 0 Å². The van der Waals surface area contributed by atoms with Gasteiger partial charge in [-0.2, -0.15) is 0 Å². The average molecular weight is 521 g/mol. The van der Waals surface area contributed by atoms with Gasteiger partial charge >= 0.3 is 0 Å². The van der Waals surface area contributed by atoms with Gasteiger partial charge in [-0.3, -0.25) is 0 Å². The zero-order valence-corrected chi connectivity index (χ0v) is 22.8. The van der Waals surface area contributed by atoms with Gasteiger partial charge in [-0.05, 0) is 100 Å². The van der Waals surface area contributed by atoms with Crippen molar-refractivity contribution in [2.24, 2.45) is 0 Å². The molecule has 0 amide bonds. The first-order valence-electron chi connectivity index (χ1n) is 12.9. The van der Waals surface area contributed by atoms with Gasteiger partial charge in [-0.1, -0.05) is 97.1 Å². The second-order valence-electron chi connectivity index (χ2n) is 10.0. The highest BCUT2D eigenvalue weighted by Crippen LogP contribution is 2.43. The van der Waals surface area contributed by atoms with E-state index in [-0.39, 0.29) is 0 Å². The van der Waals surface area contributed by atoms with E-state index in [0.29, 0.717) is 0 Å². The van der Waals surface area contributed by atoms with E-state index in [1.165, 1.54) is 85.6 Å². The minimum absolute atomic E-state index is 1.28. The van der Waals surface area contributed by atoms with Crippen molar-refractivity contribution in [1.29, 1.82) is 0 Å². The van der Waals surface area contributed by atoms with Crippen molar-refractivity contribution in [2.75, 3.05) is 12.5 Å². The van der Waals surface area contributed by atoms with E-state index in [9.17, 15) is 0 Å². The molecule has 0 aliphatic heterocycles. The molecule has 0 fully saturated rings. The molecule has 2 heteroatoms. The minimum Gasteiger partial charge on any atom is -0.128 e. The number of benzene rings is 8. The van der Waals surface area contributed by atoms with Crippen LogP contribution in [0, 0.1) is 0 Å². The van der Waals surface area contributed by atoms with E-state index in [1.54, 1.807) is 0 Å². The molecule has 8 aromatic rings. The number of rotatable bonds is 4. The van der Waals surface area contributed by atoms with E-state index in [2.05, 4.69) is 122 Å². The molecule has 0 spiro atoms. The Morgan fingerprint density at radius 3 is 1.18 bits per heavy atom. The Balaban J connectivity index is 1.36. The van der Waals surface area contributed by atoms with Crippen LogP contribution in [0.15, 0.2) is 107 Å². The fraction of sp³-hybridized carbons (Fsp3) is 0.0556. The Kier molecular flexibility index (Phi) is 4.92. The maximum Gasteiger partial charge on any atom is 0.0221 e.